The van der Waals surface area contributed by atoms with Crippen LogP contribution in [0.15, 0.2) is 30.3 Å². The molecule has 1 aliphatic heterocycles. The van der Waals surface area contributed by atoms with Crippen LogP contribution in [0.2, 0.25) is 0 Å². The number of aryl methyl sites for hydroxylation is 1. The molecule has 0 aliphatic carbocycles. The largest absolute Gasteiger partial charge is 0.348 e. The van der Waals surface area contributed by atoms with Crippen LogP contribution in [0.4, 0.5) is 0 Å². The van der Waals surface area contributed by atoms with Gasteiger partial charge in [-0.1, -0.05) is 18.2 Å². The molecule has 27 heavy (non-hydrogen) atoms. The Morgan fingerprint density at radius 1 is 1.15 bits per heavy atom. The van der Waals surface area contributed by atoms with Crippen molar-refractivity contribution in [2.75, 3.05) is 6.54 Å². The zero-order valence-electron chi connectivity index (χ0n) is 15.6. The number of fused-ring (bicyclic) bond motifs is 2. The number of amides is 2. The van der Waals surface area contributed by atoms with E-state index in [0.29, 0.717) is 31.0 Å². The van der Waals surface area contributed by atoms with E-state index in [4.69, 9.17) is 0 Å². The van der Waals surface area contributed by atoms with Crippen LogP contribution < -0.4 is 5.32 Å². The van der Waals surface area contributed by atoms with Gasteiger partial charge in [0, 0.05) is 25.0 Å². The Morgan fingerprint density at radius 2 is 1.93 bits per heavy atom. The molecule has 0 spiro atoms. The standard InChI is InChI=1S/C19H22N6O2/c1-12(2)20-18(26)15-10-13-11-24(8-9-25(13)21-15)19(27)17-14-6-4-5-7-16(14)23(3)22-17/h4-7,10,12H,8-9,11H2,1-3H3,(H,20,26). The molecule has 0 radical (unpaired) electrons. The molecule has 0 unspecified atom stereocenters. The maximum absolute atomic E-state index is 13.1. The van der Waals surface area contributed by atoms with Gasteiger partial charge in [0.05, 0.1) is 24.3 Å². The van der Waals surface area contributed by atoms with Crippen LogP contribution in [0.3, 0.4) is 0 Å². The maximum atomic E-state index is 13.1. The quantitative estimate of drug-likeness (QED) is 0.762. The third kappa shape index (κ3) is 3.07. The van der Waals surface area contributed by atoms with E-state index in [9.17, 15) is 9.59 Å². The lowest BCUT2D eigenvalue weighted by molar-refractivity contribution is 0.0700. The summed E-state index contributed by atoms with van der Waals surface area (Å²) < 4.78 is 3.53. The normalized spacial score (nSPS) is 13.9. The number of rotatable bonds is 3. The Bertz CT molecular complexity index is 1030. The van der Waals surface area contributed by atoms with Gasteiger partial charge >= 0.3 is 0 Å². The van der Waals surface area contributed by atoms with Crippen molar-refractivity contribution >= 4 is 22.7 Å². The van der Waals surface area contributed by atoms with Gasteiger partial charge in [0.1, 0.15) is 0 Å². The number of hydrogen-bond acceptors (Lipinski definition) is 4. The predicted molar refractivity (Wildman–Crippen MR) is 100 cm³/mol. The monoisotopic (exact) mass is 366 g/mol. The summed E-state index contributed by atoms with van der Waals surface area (Å²) in [5.41, 5.74) is 2.62. The SMILES string of the molecule is CC(C)NC(=O)c1cc2n(n1)CCN(C(=O)c1nn(C)c3ccccc13)C2. The summed E-state index contributed by atoms with van der Waals surface area (Å²) >= 11 is 0. The first kappa shape index (κ1) is 17.3. The number of benzene rings is 1. The smallest absolute Gasteiger partial charge is 0.275 e. The Hall–Kier alpha value is -3.16. The Kier molecular flexibility index (Phi) is 4.18. The van der Waals surface area contributed by atoms with E-state index in [2.05, 4.69) is 15.5 Å². The van der Waals surface area contributed by atoms with Crippen LogP contribution in [0.1, 0.15) is 40.5 Å². The van der Waals surface area contributed by atoms with Crippen LogP contribution in [0.25, 0.3) is 10.9 Å². The molecule has 1 aliphatic rings. The van der Waals surface area contributed by atoms with Gasteiger partial charge in [-0.3, -0.25) is 19.0 Å². The molecule has 3 aromatic rings. The molecule has 8 heteroatoms. The lowest BCUT2D eigenvalue weighted by Crippen LogP contribution is -2.38. The van der Waals surface area contributed by atoms with E-state index >= 15 is 0 Å². The molecule has 0 bridgehead atoms. The Labute approximate surface area is 156 Å². The first-order chi connectivity index (χ1) is 12.9. The molecule has 0 fully saturated rings. The first-order valence-corrected chi connectivity index (χ1v) is 9.02. The average molecular weight is 366 g/mol. The highest BCUT2D eigenvalue weighted by Gasteiger charge is 2.27. The molecule has 0 saturated carbocycles. The van der Waals surface area contributed by atoms with Gasteiger partial charge < -0.3 is 10.2 Å². The lowest BCUT2D eigenvalue weighted by atomic mass is 10.2. The van der Waals surface area contributed by atoms with Gasteiger partial charge in [-0.25, -0.2) is 0 Å². The van der Waals surface area contributed by atoms with Crippen LogP contribution in [-0.4, -0.2) is 48.9 Å². The first-order valence-electron chi connectivity index (χ1n) is 9.02. The summed E-state index contributed by atoms with van der Waals surface area (Å²) in [6.45, 7) is 5.31. The number of nitrogens with zero attached hydrogens (tertiary/aromatic N) is 5. The molecule has 1 aromatic carbocycles. The topological polar surface area (TPSA) is 85.1 Å². The van der Waals surface area contributed by atoms with E-state index in [1.54, 1.807) is 20.3 Å². The van der Waals surface area contributed by atoms with Crippen molar-refractivity contribution in [2.45, 2.75) is 33.0 Å². The summed E-state index contributed by atoms with van der Waals surface area (Å²) in [4.78, 5) is 27.0. The van der Waals surface area contributed by atoms with E-state index in [-0.39, 0.29) is 17.9 Å². The number of carbonyl (C=O) groups excluding carboxylic acids is 2. The van der Waals surface area contributed by atoms with Crippen LogP contribution in [0, 0.1) is 0 Å². The second kappa shape index (κ2) is 6.53. The Morgan fingerprint density at radius 3 is 2.70 bits per heavy atom. The highest BCUT2D eigenvalue weighted by molar-refractivity contribution is 6.04. The van der Waals surface area contributed by atoms with Crippen molar-refractivity contribution in [1.82, 2.24) is 29.8 Å². The zero-order valence-corrected chi connectivity index (χ0v) is 15.6. The van der Waals surface area contributed by atoms with Gasteiger partial charge in [-0.15, -0.1) is 0 Å². The van der Waals surface area contributed by atoms with Crippen molar-refractivity contribution in [1.29, 1.82) is 0 Å². The van der Waals surface area contributed by atoms with E-state index in [1.165, 1.54) is 0 Å². The number of aromatic nitrogens is 4. The number of para-hydroxylation sites is 1. The maximum Gasteiger partial charge on any atom is 0.275 e. The second-order valence-electron chi connectivity index (χ2n) is 7.09. The van der Waals surface area contributed by atoms with Crippen LogP contribution in [-0.2, 0) is 20.1 Å². The summed E-state index contributed by atoms with van der Waals surface area (Å²) in [6.07, 6.45) is 0. The van der Waals surface area contributed by atoms with Crippen molar-refractivity contribution in [2.24, 2.45) is 7.05 Å². The fourth-order valence-corrected chi connectivity index (χ4v) is 3.41. The number of carbonyl (C=O) groups is 2. The van der Waals surface area contributed by atoms with Crippen molar-refractivity contribution in [3.05, 3.63) is 47.4 Å². The molecular weight excluding hydrogens is 344 g/mol. The second-order valence-corrected chi connectivity index (χ2v) is 7.09. The fourth-order valence-electron chi connectivity index (χ4n) is 3.41. The minimum absolute atomic E-state index is 0.0479. The fraction of sp³-hybridized carbons (Fsp3) is 0.368. The average Bonchev–Trinajstić information content (AvgIpc) is 3.22. The van der Waals surface area contributed by atoms with Crippen molar-refractivity contribution < 1.29 is 9.59 Å². The van der Waals surface area contributed by atoms with E-state index < -0.39 is 0 Å². The predicted octanol–water partition coefficient (Wildman–Crippen LogP) is 1.56. The Balaban J connectivity index is 1.58. The highest BCUT2D eigenvalue weighted by atomic mass is 16.2. The van der Waals surface area contributed by atoms with Crippen molar-refractivity contribution in [3.8, 4) is 0 Å². The molecular formula is C19H22N6O2. The van der Waals surface area contributed by atoms with Gasteiger partial charge in [0.15, 0.2) is 11.4 Å². The molecule has 0 saturated heterocycles. The molecule has 4 rings (SSSR count). The van der Waals surface area contributed by atoms with E-state index in [1.807, 2.05) is 45.2 Å². The third-order valence-corrected chi connectivity index (χ3v) is 4.70. The summed E-state index contributed by atoms with van der Waals surface area (Å²) in [5, 5.41) is 12.5. The van der Waals surface area contributed by atoms with Gasteiger partial charge in [-0.05, 0) is 26.0 Å². The summed E-state index contributed by atoms with van der Waals surface area (Å²) in [7, 11) is 1.84. The van der Waals surface area contributed by atoms with E-state index in [0.717, 1.165) is 16.6 Å². The molecule has 1 N–H and O–H groups in total. The third-order valence-electron chi connectivity index (χ3n) is 4.70. The van der Waals surface area contributed by atoms with Crippen LogP contribution >= 0.6 is 0 Å². The molecule has 8 nitrogen and oxygen atoms in total. The summed E-state index contributed by atoms with van der Waals surface area (Å²) in [5.74, 6) is -0.298. The van der Waals surface area contributed by atoms with Gasteiger partial charge in [0.2, 0.25) is 0 Å². The molecule has 3 heterocycles. The zero-order chi connectivity index (χ0) is 19.1. The summed E-state index contributed by atoms with van der Waals surface area (Å²) in [6, 6.07) is 9.51. The minimum Gasteiger partial charge on any atom is -0.348 e. The molecule has 2 aromatic heterocycles. The van der Waals surface area contributed by atoms with Gasteiger partial charge in [-0.2, -0.15) is 10.2 Å². The number of hydrogen-bond donors (Lipinski definition) is 1. The number of nitrogens with one attached hydrogen (secondary N) is 1. The molecule has 140 valence electrons. The highest BCUT2D eigenvalue weighted by Crippen LogP contribution is 2.21. The molecule has 2 amide bonds. The lowest BCUT2D eigenvalue weighted by Gasteiger charge is -2.27. The molecule has 0 atom stereocenters. The van der Waals surface area contributed by atoms with Gasteiger partial charge in [0.25, 0.3) is 11.8 Å². The van der Waals surface area contributed by atoms with Crippen molar-refractivity contribution in [3.63, 3.8) is 0 Å². The van der Waals surface area contributed by atoms with Crippen LogP contribution in [0.5, 0.6) is 0 Å². The minimum atomic E-state index is -0.194.